The van der Waals surface area contributed by atoms with Gasteiger partial charge in [0.2, 0.25) is 5.91 Å². The predicted octanol–water partition coefficient (Wildman–Crippen LogP) is 3.67. The molecule has 2 fully saturated rings. The number of hydrogen-bond acceptors (Lipinski definition) is 6. The lowest BCUT2D eigenvalue weighted by atomic mass is 9.97. The Bertz CT molecular complexity index is 1290. The van der Waals surface area contributed by atoms with Crippen molar-refractivity contribution < 1.29 is 40.6 Å². The molecule has 2 aromatic carbocycles. The molecule has 7 nitrogen and oxygen atoms in total. The van der Waals surface area contributed by atoms with Gasteiger partial charge in [0.1, 0.15) is 24.4 Å². The Morgan fingerprint density at radius 1 is 1.15 bits per heavy atom. The Labute approximate surface area is 225 Å². The van der Waals surface area contributed by atoms with E-state index in [1.165, 1.54) is 36.4 Å². The molecular formula is C27H32F4N2O5S. The number of halogens is 4. The molecule has 4 rings (SSSR count). The van der Waals surface area contributed by atoms with Gasteiger partial charge in [0, 0.05) is 6.26 Å². The molecule has 2 saturated heterocycles. The number of nitrogens with zero attached hydrogens (tertiary/aromatic N) is 1. The molecule has 2 aliphatic rings. The van der Waals surface area contributed by atoms with E-state index in [0.717, 1.165) is 11.2 Å². The summed E-state index contributed by atoms with van der Waals surface area (Å²) in [6.45, 7) is 3.02. The Kier molecular flexibility index (Phi) is 8.42. The number of carbonyl (C=O) groups is 1. The number of rotatable bonds is 8. The van der Waals surface area contributed by atoms with Gasteiger partial charge in [-0.2, -0.15) is 13.2 Å². The standard InChI is InChI=1S/C27H32F4N2O5S/c1-15(2)11-21(26(35)33-13-20(28)24-23(33)22(34)14-38-24)32-25(27(29,30)31)17-9-7-16(8-10-17)18-5-4-6-19(12-18)39(3,36)37/h4-10,12,15,20-25,32,34H,11,13-14H2,1-3H3/t20-,21-,22-,23+,24+,25-/m0/s1. The van der Waals surface area contributed by atoms with E-state index in [0.29, 0.717) is 11.1 Å². The van der Waals surface area contributed by atoms with Crippen molar-refractivity contribution in [3.8, 4) is 11.1 Å². The zero-order valence-electron chi connectivity index (χ0n) is 21.7. The molecule has 39 heavy (non-hydrogen) atoms. The molecular weight excluding hydrogens is 540 g/mol. The van der Waals surface area contributed by atoms with Crippen LogP contribution >= 0.6 is 0 Å². The average molecular weight is 573 g/mol. The maximum atomic E-state index is 14.5. The second-order valence-electron chi connectivity index (χ2n) is 10.6. The van der Waals surface area contributed by atoms with Crippen molar-refractivity contribution in [1.29, 1.82) is 0 Å². The molecule has 0 spiro atoms. The van der Waals surface area contributed by atoms with Gasteiger partial charge < -0.3 is 14.7 Å². The Balaban J connectivity index is 1.61. The van der Waals surface area contributed by atoms with E-state index in [2.05, 4.69) is 5.32 Å². The first-order chi connectivity index (χ1) is 18.2. The third kappa shape index (κ3) is 6.45. The molecule has 2 aromatic rings. The summed E-state index contributed by atoms with van der Waals surface area (Å²) in [6.07, 6.45) is -7.30. The SMILES string of the molecule is CC(C)C[C@H](N[C@@H](c1ccc(-c2cccc(S(C)(=O)=O)c2)cc1)C(F)(F)F)C(=O)N1C[C@H](F)[C@H]2OC[C@H](O)[C@H]21. The molecule has 6 atom stereocenters. The predicted molar refractivity (Wildman–Crippen MR) is 136 cm³/mol. The lowest BCUT2D eigenvalue weighted by Crippen LogP contribution is -2.54. The molecule has 2 aliphatic heterocycles. The molecule has 12 heteroatoms. The fourth-order valence-electron chi connectivity index (χ4n) is 5.25. The molecule has 0 radical (unpaired) electrons. The number of aliphatic hydroxyl groups is 1. The quantitative estimate of drug-likeness (QED) is 0.469. The van der Waals surface area contributed by atoms with Crippen LogP contribution in [0.2, 0.25) is 0 Å². The number of hydrogen-bond donors (Lipinski definition) is 2. The zero-order chi connectivity index (χ0) is 28.7. The molecule has 0 aliphatic carbocycles. The zero-order valence-corrected chi connectivity index (χ0v) is 22.5. The van der Waals surface area contributed by atoms with Crippen molar-refractivity contribution >= 4 is 15.7 Å². The smallest absolute Gasteiger partial charge is 0.388 e. The Morgan fingerprint density at radius 3 is 2.41 bits per heavy atom. The van der Waals surface area contributed by atoms with Gasteiger partial charge in [0.15, 0.2) is 9.84 Å². The highest BCUT2D eigenvalue weighted by atomic mass is 32.2. The van der Waals surface area contributed by atoms with Gasteiger partial charge in [-0.15, -0.1) is 0 Å². The van der Waals surface area contributed by atoms with Crippen molar-refractivity contribution in [3.05, 3.63) is 54.1 Å². The number of fused-ring (bicyclic) bond motifs is 1. The summed E-state index contributed by atoms with van der Waals surface area (Å²) in [6, 6.07) is 7.13. The maximum Gasteiger partial charge on any atom is 0.407 e. The largest absolute Gasteiger partial charge is 0.407 e. The van der Waals surface area contributed by atoms with E-state index in [-0.39, 0.29) is 35.9 Å². The highest BCUT2D eigenvalue weighted by Gasteiger charge is 2.54. The number of benzene rings is 2. The van der Waals surface area contributed by atoms with Gasteiger partial charge in [-0.05, 0) is 41.2 Å². The van der Waals surface area contributed by atoms with Gasteiger partial charge >= 0.3 is 6.18 Å². The number of likely N-dealkylation sites (tertiary alicyclic amines) is 1. The van der Waals surface area contributed by atoms with Gasteiger partial charge in [0.05, 0.1) is 30.1 Å². The van der Waals surface area contributed by atoms with Crippen molar-refractivity contribution in [2.24, 2.45) is 5.92 Å². The Hall–Kier alpha value is -2.54. The summed E-state index contributed by atoms with van der Waals surface area (Å²) < 4.78 is 86.5. The van der Waals surface area contributed by atoms with Gasteiger partial charge in [0.25, 0.3) is 0 Å². The second-order valence-corrected chi connectivity index (χ2v) is 12.6. The molecule has 0 unspecified atom stereocenters. The van der Waals surface area contributed by atoms with Crippen LogP contribution in [-0.2, 0) is 19.4 Å². The molecule has 2 N–H and O–H groups in total. The van der Waals surface area contributed by atoms with Crippen LogP contribution in [0.4, 0.5) is 17.6 Å². The molecule has 0 aromatic heterocycles. The normalized spacial score (nSPS) is 25.1. The number of amides is 1. The minimum Gasteiger partial charge on any atom is -0.388 e. The van der Waals surface area contributed by atoms with Crippen LogP contribution in [0.1, 0.15) is 31.9 Å². The third-order valence-electron chi connectivity index (χ3n) is 7.10. The number of ether oxygens (including phenoxy) is 1. The summed E-state index contributed by atoms with van der Waals surface area (Å²) in [5.74, 6) is -0.874. The van der Waals surface area contributed by atoms with E-state index in [1.807, 2.05) is 0 Å². The van der Waals surface area contributed by atoms with Crippen LogP contribution in [0.3, 0.4) is 0 Å². The first-order valence-corrected chi connectivity index (χ1v) is 14.5. The van der Waals surface area contributed by atoms with E-state index in [9.17, 15) is 35.9 Å². The van der Waals surface area contributed by atoms with Crippen LogP contribution in [0.25, 0.3) is 11.1 Å². The summed E-state index contributed by atoms with van der Waals surface area (Å²) in [4.78, 5) is 14.7. The number of aliphatic hydroxyl groups excluding tert-OH is 1. The van der Waals surface area contributed by atoms with Crippen LogP contribution in [0.5, 0.6) is 0 Å². The van der Waals surface area contributed by atoms with Crippen molar-refractivity contribution in [2.45, 2.75) is 67.8 Å². The van der Waals surface area contributed by atoms with Gasteiger partial charge in [-0.25, -0.2) is 12.8 Å². The van der Waals surface area contributed by atoms with Crippen LogP contribution < -0.4 is 5.32 Å². The minimum atomic E-state index is -4.76. The van der Waals surface area contributed by atoms with E-state index in [1.54, 1.807) is 26.0 Å². The van der Waals surface area contributed by atoms with Crippen LogP contribution in [0.15, 0.2) is 53.4 Å². The lowest BCUT2D eigenvalue weighted by molar-refractivity contribution is -0.163. The molecule has 0 bridgehead atoms. The average Bonchev–Trinajstić information content (AvgIpc) is 3.40. The van der Waals surface area contributed by atoms with Crippen molar-refractivity contribution in [1.82, 2.24) is 10.2 Å². The minimum absolute atomic E-state index is 0.0591. The number of sulfone groups is 1. The van der Waals surface area contributed by atoms with Crippen molar-refractivity contribution in [3.63, 3.8) is 0 Å². The monoisotopic (exact) mass is 572 g/mol. The lowest BCUT2D eigenvalue weighted by Gasteiger charge is -2.33. The van der Waals surface area contributed by atoms with Gasteiger partial charge in [-0.1, -0.05) is 50.2 Å². The number of nitrogens with one attached hydrogen (secondary N) is 1. The molecule has 0 saturated carbocycles. The summed E-state index contributed by atoms with van der Waals surface area (Å²) in [5, 5.41) is 12.7. The van der Waals surface area contributed by atoms with Crippen LogP contribution in [-0.4, -0.2) is 80.4 Å². The number of carbonyl (C=O) groups excluding carboxylic acids is 1. The summed E-state index contributed by atoms with van der Waals surface area (Å²) >= 11 is 0. The molecule has 2 heterocycles. The second kappa shape index (κ2) is 11.1. The summed E-state index contributed by atoms with van der Waals surface area (Å²) in [7, 11) is -3.47. The highest BCUT2D eigenvalue weighted by molar-refractivity contribution is 7.90. The topological polar surface area (TPSA) is 95.9 Å². The van der Waals surface area contributed by atoms with Crippen LogP contribution in [0, 0.1) is 5.92 Å². The Morgan fingerprint density at radius 2 is 1.82 bits per heavy atom. The van der Waals surface area contributed by atoms with E-state index >= 15 is 0 Å². The third-order valence-corrected chi connectivity index (χ3v) is 8.21. The summed E-state index contributed by atoms with van der Waals surface area (Å²) in [5.41, 5.74) is 0.904. The van der Waals surface area contributed by atoms with Gasteiger partial charge in [-0.3, -0.25) is 10.1 Å². The van der Waals surface area contributed by atoms with Crippen molar-refractivity contribution in [2.75, 3.05) is 19.4 Å². The fourth-order valence-corrected chi connectivity index (χ4v) is 5.91. The van der Waals surface area contributed by atoms with E-state index in [4.69, 9.17) is 4.74 Å². The number of alkyl halides is 4. The maximum absolute atomic E-state index is 14.5. The first-order valence-electron chi connectivity index (χ1n) is 12.6. The van der Waals surface area contributed by atoms with E-state index < -0.39 is 58.4 Å². The fraction of sp³-hybridized carbons (Fsp3) is 0.519. The highest BCUT2D eigenvalue weighted by Crippen LogP contribution is 2.36. The first kappa shape index (κ1) is 29.4. The molecule has 1 amide bonds. The molecule has 214 valence electrons.